The molecule has 6 nitrogen and oxygen atoms in total. The molecule has 1 aromatic heterocycles. The second kappa shape index (κ2) is 9.20. The summed E-state index contributed by atoms with van der Waals surface area (Å²) in [6, 6.07) is 7.38. The van der Waals surface area contributed by atoms with Gasteiger partial charge in [-0.2, -0.15) is 13.2 Å². The number of nitrogens with zero attached hydrogens (tertiary/aromatic N) is 1. The summed E-state index contributed by atoms with van der Waals surface area (Å²) in [5, 5.41) is 5.29. The maximum Gasteiger partial charge on any atom is 0.416 e. The Hall–Kier alpha value is -3.10. The fourth-order valence-electron chi connectivity index (χ4n) is 2.16. The Labute approximate surface area is 160 Å². The number of pyridine rings is 1. The number of carbonyl (C=O) groups excluding carboxylic acids is 2. The van der Waals surface area contributed by atoms with Gasteiger partial charge in [0.25, 0.3) is 5.91 Å². The van der Waals surface area contributed by atoms with Gasteiger partial charge < -0.3 is 15.4 Å². The monoisotopic (exact) mass is 395 g/mol. The van der Waals surface area contributed by atoms with Gasteiger partial charge >= 0.3 is 12.1 Å². The highest BCUT2D eigenvalue weighted by atomic mass is 19.4. The number of aromatic nitrogens is 1. The first kappa shape index (κ1) is 21.2. The van der Waals surface area contributed by atoms with Gasteiger partial charge in [-0.15, -0.1) is 0 Å². The Morgan fingerprint density at radius 1 is 1.18 bits per heavy atom. The van der Waals surface area contributed by atoms with Crippen molar-refractivity contribution in [3.05, 3.63) is 53.7 Å². The van der Waals surface area contributed by atoms with E-state index in [9.17, 15) is 22.8 Å². The molecule has 2 aromatic rings. The molecular weight excluding hydrogens is 375 g/mol. The van der Waals surface area contributed by atoms with Crippen LogP contribution in [0.5, 0.6) is 0 Å². The first-order valence-electron chi connectivity index (χ1n) is 8.50. The van der Waals surface area contributed by atoms with Crippen molar-refractivity contribution in [1.82, 2.24) is 10.3 Å². The van der Waals surface area contributed by atoms with E-state index in [1.54, 1.807) is 0 Å². The molecule has 0 unspecified atom stereocenters. The molecule has 0 atom stereocenters. The van der Waals surface area contributed by atoms with Gasteiger partial charge in [0.1, 0.15) is 11.4 Å². The van der Waals surface area contributed by atoms with Gasteiger partial charge in [0.05, 0.1) is 5.56 Å². The van der Waals surface area contributed by atoms with E-state index in [0.29, 0.717) is 6.54 Å². The van der Waals surface area contributed by atoms with Crippen LogP contribution in [-0.2, 0) is 15.7 Å². The number of halogens is 3. The lowest BCUT2D eigenvalue weighted by molar-refractivity contribution is -0.137. The number of alkyl halides is 3. The van der Waals surface area contributed by atoms with Crippen LogP contribution < -0.4 is 10.6 Å². The summed E-state index contributed by atoms with van der Waals surface area (Å²) in [6.07, 6.45) is -3.12. The van der Waals surface area contributed by atoms with Gasteiger partial charge in [-0.25, -0.2) is 9.78 Å². The molecule has 1 amide bonds. The van der Waals surface area contributed by atoms with Crippen molar-refractivity contribution in [1.29, 1.82) is 0 Å². The number of anilines is 2. The molecule has 1 aromatic carbocycles. The highest BCUT2D eigenvalue weighted by molar-refractivity contribution is 5.96. The van der Waals surface area contributed by atoms with Gasteiger partial charge in [0, 0.05) is 18.4 Å². The first-order chi connectivity index (χ1) is 13.2. The maximum atomic E-state index is 12.8. The molecule has 0 aliphatic heterocycles. The van der Waals surface area contributed by atoms with Crippen molar-refractivity contribution in [3.8, 4) is 0 Å². The Balaban J connectivity index is 2.08. The SMILES string of the molecule is CC(C)CNC(=O)COC(=O)c1cccnc1Nc1cccc(C(F)(F)F)c1. The lowest BCUT2D eigenvalue weighted by Crippen LogP contribution is -2.31. The maximum absolute atomic E-state index is 12.8. The van der Waals surface area contributed by atoms with Crippen molar-refractivity contribution in [2.24, 2.45) is 5.92 Å². The third-order valence-corrected chi connectivity index (χ3v) is 3.52. The van der Waals surface area contributed by atoms with Crippen molar-refractivity contribution in [2.45, 2.75) is 20.0 Å². The van der Waals surface area contributed by atoms with Crippen molar-refractivity contribution < 1.29 is 27.5 Å². The van der Waals surface area contributed by atoms with Crippen LogP contribution in [0.25, 0.3) is 0 Å². The standard InChI is InChI=1S/C19H20F3N3O3/c1-12(2)10-24-16(26)11-28-18(27)15-7-4-8-23-17(15)25-14-6-3-5-13(9-14)19(20,21)22/h3-9,12H,10-11H2,1-2H3,(H,23,25)(H,24,26). The number of nitrogens with one attached hydrogen (secondary N) is 2. The Bertz CT molecular complexity index is 838. The van der Waals surface area contributed by atoms with Crippen LogP contribution in [0.1, 0.15) is 29.8 Å². The largest absolute Gasteiger partial charge is 0.452 e. The van der Waals surface area contributed by atoms with Gasteiger partial charge in [-0.3, -0.25) is 4.79 Å². The number of ether oxygens (including phenoxy) is 1. The molecule has 0 aliphatic rings. The fourth-order valence-corrected chi connectivity index (χ4v) is 2.16. The molecule has 2 N–H and O–H groups in total. The normalized spacial score (nSPS) is 11.2. The van der Waals surface area contributed by atoms with Crippen LogP contribution in [0.4, 0.5) is 24.7 Å². The second-order valence-corrected chi connectivity index (χ2v) is 6.38. The number of esters is 1. The van der Waals surface area contributed by atoms with E-state index in [1.165, 1.54) is 30.5 Å². The number of hydrogen-bond acceptors (Lipinski definition) is 5. The molecule has 9 heteroatoms. The molecule has 0 aliphatic carbocycles. The summed E-state index contributed by atoms with van der Waals surface area (Å²) < 4.78 is 43.5. The van der Waals surface area contributed by atoms with Crippen LogP contribution in [0, 0.1) is 5.92 Å². The van der Waals surface area contributed by atoms with E-state index in [-0.39, 0.29) is 23.0 Å². The number of hydrogen-bond donors (Lipinski definition) is 2. The number of benzene rings is 1. The summed E-state index contributed by atoms with van der Waals surface area (Å²) >= 11 is 0. The Morgan fingerprint density at radius 2 is 1.93 bits per heavy atom. The smallest absolute Gasteiger partial charge is 0.416 e. The van der Waals surface area contributed by atoms with E-state index < -0.39 is 30.2 Å². The van der Waals surface area contributed by atoms with E-state index in [2.05, 4.69) is 15.6 Å². The Morgan fingerprint density at radius 3 is 2.61 bits per heavy atom. The third kappa shape index (κ3) is 6.26. The lowest BCUT2D eigenvalue weighted by Gasteiger charge is -2.13. The summed E-state index contributed by atoms with van der Waals surface area (Å²) in [4.78, 5) is 27.9. The predicted molar refractivity (Wildman–Crippen MR) is 97.1 cm³/mol. The molecular formula is C19H20F3N3O3. The average Bonchev–Trinajstić information content (AvgIpc) is 2.64. The van der Waals surface area contributed by atoms with Crippen LogP contribution >= 0.6 is 0 Å². The summed E-state index contributed by atoms with van der Waals surface area (Å²) in [6.45, 7) is 3.83. The molecule has 1 heterocycles. The highest BCUT2D eigenvalue weighted by Gasteiger charge is 2.30. The first-order valence-corrected chi connectivity index (χ1v) is 8.50. The molecule has 0 fully saturated rings. The van der Waals surface area contributed by atoms with E-state index in [4.69, 9.17) is 4.74 Å². The minimum absolute atomic E-state index is 0.00317. The van der Waals surface area contributed by atoms with Crippen molar-refractivity contribution in [3.63, 3.8) is 0 Å². The number of rotatable bonds is 7. The molecule has 28 heavy (non-hydrogen) atoms. The highest BCUT2D eigenvalue weighted by Crippen LogP contribution is 2.31. The van der Waals surface area contributed by atoms with Gasteiger partial charge in [-0.05, 0) is 36.2 Å². The van der Waals surface area contributed by atoms with Crippen LogP contribution in [0.2, 0.25) is 0 Å². The zero-order valence-corrected chi connectivity index (χ0v) is 15.3. The average molecular weight is 395 g/mol. The molecule has 0 saturated heterocycles. The van der Waals surface area contributed by atoms with Crippen LogP contribution in [-0.4, -0.2) is 30.0 Å². The van der Waals surface area contributed by atoms with Gasteiger partial charge in [-0.1, -0.05) is 19.9 Å². The molecule has 0 bridgehead atoms. The molecule has 0 saturated carbocycles. The predicted octanol–water partition coefficient (Wildman–Crippen LogP) is 3.77. The zero-order chi connectivity index (χ0) is 20.7. The summed E-state index contributed by atoms with van der Waals surface area (Å²) in [5.41, 5.74) is -0.729. The summed E-state index contributed by atoms with van der Waals surface area (Å²) in [5.74, 6) is -0.990. The Kier molecular flexibility index (Phi) is 6.97. The summed E-state index contributed by atoms with van der Waals surface area (Å²) in [7, 11) is 0. The second-order valence-electron chi connectivity index (χ2n) is 6.38. The van der Waals surface area contributed by atoms with E-state index in [1.807, 2.05) is 13.8 Å². The molecule has 150 valence electrons. The minimum atomic E-state index is -4.49. The van der Waals surface area contributed by atoms with Gasteiger partial charge in [0.2, 0.25) is 0 Å². The lowest BCUT2D eigenvalue weighted by atomic mass is 10.2. The van der Waals surface area contributed by atoms with E-state index >= 15 is 0 Å². The fraction of sp³-hybridized carbons (Fsp3) is 0.316. The van der Waals surface area contributed by atoms with Crippen LogP contribution in [0.3, 0.4) is 0 Å². The van der Waals surface area contributed by atoms with Crippen LogP contribution in [0.15, 0.2) is 42.6 Å². The zero-order valence-electron chi connectivity index (χ0n) is 15.3. The minimum Gasteiger partial charge on any atom is -0.452 e. The van der Waals surface area contributed by atoms with E-state index in [0.717, 1.165) is 12.1 Å². The number of amides is 1. The van der Waals surface area contributed by atoms with Crippen molar-refractivity contribution in [2.75, 3.05) is 18.5 Å². The third-order valence-electron chi connectivity index (χ3n) is 3.52. The van der Waals surface area contributed by atoms with Gasteiger partial charge in [0.15, 0.2) is 6.61 Å². The quantitative estimate of drug-likeness (QED) is 0.698. The number of carbonyl (C=O) groups is 2. The topological polar surface area (TPSA) is 80.3 Å². The van der Waals surface area contributed by atoms with Crippen molar-refractivity contribution >= 4 is 23.4 Å². The molecule has 0 radical (unpaired) electrons. The molecule has 2 rings (SSSR count). The molecule has 0 spiro atoms.